The molecule has 1 heterocycles. The summed E-state index contributed by atoms with van der Waals surface area (Å²) in [6.07, 6.45) is 1.91. The monoisotopic (exact) mass is 431 g/mol. The highest BCUT2D eigenvalue weighted by molar-refractivity contribution is 9.10. The number of carbonyl (C=O) groups excluding carboxylic acids is 1. The van der Waals surface area contributed by atoms with Crippen molar-refractivity contribution < 1.29 is 4.79 Å². The molecule has 0 radical (unpaired) electrons. The number of rotatable bonds is 4. The lowest BCUT2D eigenvalue weighted by Gasteiger charge is -2.09. The molecule has 4 rings (SSSR count). The predicted octanol–water partition coefficient (Wildman–Crippen LogP) is 5.56. The molecule has 1 amide bonds. The second kappa shape index (κ2) is 7.82. The summed E-state index contributed by atoms with van der Waals surface area (Å²) in [6, 6.07) is 23.2. The number of aromatic nitrogens is 2. The molecule has 0 saturated heterocycles. The number of H-pyrrole nitrogens is 1. The molecule has 0 unspecified atom stereocenters. The number of halogens is 1. The Morgan fingerprint density at radius 3 is 2.64 bits per heavy atom. The zero-order valence-corrected chi connectivity index (χ0v) is 16.8. The van der Waals surface area contributed by atoms with Gasteiger partial charge in [-0.15, -0.1) is 0 Å². The number of hydrogen-bond acceptors (Lipinski definition) is 2. The number of aryl methyl sites for hydroxylation is 1. The molecule has 3 aromatic carbocycles. The van der Waals surface area contributed by atoms with E-state index in [-0.39, 0.29) is 5.91 Å². The van der Waals surface area contributed by atoms with Crippen LogP contribution in [0.3, 0.4) is 0 Å². The number of benzene rings is 3. The first kappa shape index (κ1) is 18.2. The van der Waals surface area contributed by atoms with Crippen LogP contribution in [0.25, 0.3) is 22.8 Å². The number of para-hydroxylation sites is 2. The van der Waals surface area contributed by atoms with Gasteiger partial charge in [0.05, 0.1) is 16.7 Å². The van der Waals surface area contributed by atoms with E-state index in [1.54, 1.807) is 6.07 Å². The molecule has 28 heavy (non-hydrogen) atoms. The number of nitrogens with zero attached hydrogens (tertiary/aromatic N) is 1. The maximum atomic E-state index is 12.9. The van der Waals surface area contributed by atoms with E-state index in [0.717, 1.165) is 26.6 Å². The number of amides is 1. The van der Waals surface area contributed by atoms with Gasteiger partial charge in [-0.2, -0.15) is 0 Å². The molecule has 4 aromatic rings. The number of nitrogens with one attached hydrogen (secondary N) is 2. The zero-order valence-electron chi connectivity index (χ0n) is 15.2. The van der Waals surface area contributed by atoms with E-state index in [4.69, 9.17) is 0 Å². The highest BCUT2D eigenvalue weighted by atomic mass is 79.9. The molecule has 0 aliphatic rings. The Hall–Kier alpha value is -3.18. The van der Waals surface area contributed by atoms with Crippen LogP contribution >= 0.6 is 15.9 Å². The van der Waals surface area contributed by atoms with Crippen molar-refractivity contribution in [1.82, 2.24) is 15.3 Å². The minimum atomic E-state index is -0.176. The van der Waals surface area contributed by atoms with Crippen LogP contribution in [-0.4, -0.2) is 15.9 Å². The van der Waals surface area contributed by atoms with Gasteiger partial charge in [-0.25, -0.2) is 4.98 Å². The number of carbonyl (C=O) groups is 1. The molecule has 1 aromatic heterocycles. The van der Waals surface area contributed by atoms with Crippen molar-refractivity contribution in [1.29, 1.82) is 0 Å². The summed E-state index contributed by atoms with van der Waals surface area (Å²) >= 11 is 3.49. The Labute approximate surface area is 171 Å². The topological polar surface area (TPSA) is 57.8 Å². The minimum absolute atomic E-state index is 0.176. The van der Waals surface area contributed by atoms with Gasteiger partial charge in [-0.1, -0.05) is 57.9 Å². The van der Waals surface area contributed by atoms with Gasteiger partial charge in [0, 0.05) is 10.0 Å². The average molecular weight is 432 g/mol. The summed E-state index contributed by atoms with van der Waals surface area (Å²) in [5.74, 6) is 0.438. The molecule has 0 atom stereocenters. The Bertz CT molecular complexity index is 1160. The maximum absolute atomic E-state index is 12.9. The van der Waals surface area contributed by atoms with Gasteiger partial charge in [0.15, 0.2) is 5.82 Å². The van der Waals surface area contributed by atoms with E-state index in [1.165, 1.54) is 0 Å². The van der Waals surface area contributed by atoms with Gasteiger partial charge in [0.1, 0.15) is 0 Å². The summed E-state index contributed by atoms with van der Waals surface area (Å²) in [7, 11) is 0. The quantitative estimate of drug-likeness (QED) is 0.444. The van der Waals surface area contributed by atoms with Crippen LogP contribution in [0.4, 0.5) is 0 Å². The van der Waals surface area contributed by atoms with E-state index < -0.39 is 0 Å². The third-order valence-corrected chi connectivity index (χ3v) is 4.83. The van der Waals surface area contributed by atoms with Gasteiger partial charge in [-0.3, -0.25) is 4.79 Å². The van der Waals surface area contributed by atoms with Crippen LogP contribution in [0.5, 0.6) is 0 Å². The molecule has 0 spiro atoms. The molecule has 0 aliphatic heterocycles. The highest BCUT2D eigenvalue weighted by Crippen LogP contribution is 2.20. The van der Waals surface area contributed by atoms with Crippen molar-refractivity contribution in [2.45, 2.75) is 6.92 Å². The number of fused-ring (bicyclic) bond motifs is 1. The first-order chi connectivity index (χ1) is 13.6. The first-order valence-electron chi connectivity index (χ1n) is 8.89. The molecule has 2 N–H and O–H groups in total. The molecule has 0 saturated carbocycles. The SMILES string of the molecule is Cc1cccc(C(=O)NC(=Cc2cccc(Br)c2)c2nc3ccccc3[nH]2)c1. The average Bonchev–Trinajstić information content (AvgIpc) is 3.12. The van der Waals surface area contributed by atoms with Gasteiger partial charge in [0.25, 0.3) is 5.91 Å². The van der Waals surface area contributed by atoms with E-state index in [9.17, 15) is 4.79 Å². The van der Waals surface area contributed by atoms with Crippen molar-refractivity contribution >= 4 is 44.6 Å². The van der Waals surface area contributed by atoms with E-state index in [2.05, 4.69) is 31.2 Å². The van der Waals surface area contributed by atoms with Crippen LogP contribution in [0.1, 0.15) is 27.3 Å². The third kappa shape index (κ3) is 4.05. The summed E-state index contributed by atoms with van der Waals surface area (Å²) in [6.45, 7) is 1.97. The van der Waals surface area contributed by atoms with Gasteiger partial charge in [-0.05, 0) is 55.0 Å². The number of aromatic amines is 1. The molecule has 138 valence electrons. The Morgan fingerprint density at radius 2 is 1.86 bits per heavy atom. The largest absolute Gasteiger partial charge is 0.337 e. The first-order valence-corrected chi connectivity index (χ1v) is 9.68. The predicted molar refractivity (Wildman–Crippen MR) is 117 cm³/mol. The fraction of sp³-hybridized carbons (Fsp3) is 0.0435. The van der Waals surface area contributed by atoms with Crippen molar-refractivity contribution in [3.63, 3.8) is 0 Å². The minimum Gasteiger partial charge on any atom is -0.337 e. The fourth-order valence-corrected chi connectivity index (χ4v) is 3.40. The van der Waals surface area contributed by atoms with Gasteiger partial charge < -0.3 is 10.3 Å². The van der Waals surface area contributed by atoms with Crippen molar-refractivity contribution in [2.75, 3.05) is 0 Å². The molecule has 0 aliphatic carbocycles. The van der Waals surface area contributed by atoms with Crippen LogP contribution < -0.4 is 5.32 Å². The maximum Gasteiger partial charge on any atom is 0.255 e. The van der Waals surface area contributed by atoms with E-state index in [1.807, 2.05) is 79.7 Å². The van der Waals surface area contributed by atoms with Crippen LogP contribution in [-0.2, 0) is 0 Å². The lowest BCUT2D eigenvalue weighted by atomic mass is 10.1. The molecular formula is C23H18BrN3O. The molecular weight excluding hydrogens is 414 g/mol. The van der Waals surface area contributed by atoms with E-state index in [0.29, 0.717) is 17.1 Å². The molecule has 0 bridgehead atoms. The summed E-state index contributed by atoms with van der Waals surface area (Å²) in [5.41, 5.74) is 4.98. The fourth-order valence-electron chi connectivity index (χ4n) is 2.99. The Morgan fingerprint density at radius 1 is 1.04 bits per heavy atom. The smallest absolute Gasteiger partial charge is 0.255 e. The summed E-state index contributed by atoms with van der Waals surface area (Å²) in [5, 5.41) is 3.02. The van der Waals surface area contributed by atoms with Gasteiger partial charge >= 0.3 is 0 Å². The molecule has 5 heteroatoms. The third-order valence-electron chi connectivity index (χ3n) is 4.33. The second-order valence-electron chi connectivity index (χ2n) is 6.54. The Balaban J connectivity index is 1.75. The van der Waals surface area contributed by atoms with Crippen LogP contribution in [0, 0.1) is 6.92 Å². The summed E-state index contributed by atoms with van der Waals surface area (Å²) in [4.78, 5) is 20.8. The number of hydrogen-bond donors (Lipinski definition) is 2. The van der Waals surface area contributed by atoms with Crippen LogP contribution in [0.2, 0.25) is 0 Å². The Kier molecular flexibility index (Phi) is 5.08. The normalized spacial score (nSPS) is 11.6. The summed E-state index contributed by atoms with van der Waals surface area (Å²) < 4.78 is 0.968. The van der Waals surface area contributed by atoms with Crippen LogP contribution in [0.15, 0.2) is 77.3 Å². The van der Waals surface area contributed by atoms with Crippen molar-refractivity contribution in [2.24, 2.45) is 0 Å². The molecule has 0 fully saturated rings. The van der Waals surface area contributed by atoms with Crippen molar-refractivity contribution in [3.05, 3.63) is 99.8 Å². The standard InChI is InChI=1S/C23H18BrN3O/c1-15-6-4-8-17(12-15)23(28)27-21(14-16-7-5-9-18(24)13-16)22-25-19-10-2-3-11-20(19)26-22/h2-14H,1H3,(H,25,26)(H,27,28). The second-order valence-corrected chi connectivity index (χ2v) is 7.45. The number of imidazole rings is 1. The highest BCUT2D eigenvalue weighted by Gasteiger charge is 2.13. The lowest BCUT2D eigenvalue weighted by molar-refractivity contribution is 0.0973. The van der Waals surface area contributed by atoms with Gasteiger partial charge in [0.2, 0.25) is 0 Å². The zero-order chi connectivity index (χ0) is 19.5. The van der Waals surface area contributed by atoms with E-state index >= 15 is 0 Å². The molecule has 4 nitrogen and oxygen atoms in total. The van der Waals surface area contributed by atoms with Crippen molar-refractivity contribution in [3.8, 4) is 0 Å². The lowest BCUT2D eigenvalue weighted by Crippen LogP contribution is -2.22.